The van der Waals surface area contributed by atoms with Crippen molar-refractivity contribution in [2.24, 2.45) is 5.73 Å². The monoisotopic (exact) mass is 382 g/mol. The third-order valence-corrected chi connectivity index (χ3v) is 5.09. The lowest BCUT2D eigenvalue weighted by atomic mass is 9.85. The lowest BCUT2D eigenvalue weighted by Gasteiger charge is -2.31. The molecule has 28 heavy (non-hydrogen) atoms. The number of benzene rings is 2. The zero-order valence-electron chi connectivity index (χ0n) is 15.4. The number of primary amides is 1. The second-order valence-corrected chi connectivity index (χ2v) is 6.71. The van der Waals surface area contributed by atoms with E-state index in [0.29, 0.717) is 27.9 Å². The normalized spacial score (nSPS) is 16.7. The topological polar surface area (TPSA) is 101 Å². The predicted molar refractivity (Wildman–Crippen MR) is 101 cm³/mol. The van der Waals surface area contributed by atoms with Gasteiger partial charge in [0, 0.05) is 24.1 Å². The van der Waals surface area contributed by atoms with Crippen molar-refractivity contribution < 1.29 is 23.9 Å². The summed E-state index contributed by atoms with van der Waals surface area (Å²) in [6, 6.07) is 8.54. The Labute approximate surface area is 161 Å². The van der Waals surface area contributed by atoms with E-state index in [1.54, 1.807) is 19.9 Å². The van der Waals surface area contributed by atoms with E-state index in [1.165, 1.54) is 41.4 Å². The summed E-state index contributed by atoms with van der Waals surface area (Å²) in [5.41, 5.74) is 8.06. The molecule has 1 unspecified atom stereocenters. The third kappa shape index (κ3) is 3.38. The van der Waals surface area contributed by atoms with Crippen LogP contribution in [0.4, 0.5) is 10.1 Å². The van der Waals surface area contributed by atoms with Gasteiger partial charge in [0.1, 0.15) is 5.82 Å². The molecule has 2 aromatic rings. The Morgan fingerprint density at radius 1 is 1.11 bits per heavy atom. The van der Waals surface area contributed by atoms with Crippen molar-refractivity contribution in [3.8, 4) is 0 Å². The molecule has 1 atom stereocenters. The molecule has 1 aliphatic heterocycles. The van der Waals surface area contributed by atoms with Crippen molar-refractivity contribution in [2.45, 2.75) is 26.2 Å². The molecule has 0 bridgehead atoms. The molecular weight excluding hydrogens is 363 g/mol. The Balaban J connectivity index is 2.08. The minimum Gasteiger partial charge on any atom is -0.478 e. The number of carboxylic acid groups (broad SMARTS) is 1. The van der Waals surface area contributed by atoms with Crippen LogP contribution in [0, 0.1) is 19.7 Å². The van der Waals surface area contributed by atoms with Gasteiger partial charge in [0.2, 0.25) is 11.8 Å². The van der Waals surface area contributed by atoms with Crippen molar-refractivity contribution in [2.75, 3.05) is 4.90 Å². The van der Waals surface area contributed by atoms with E-state index in [4.69, 9.17) is 5.73 Å². The highest BCUT2D eigenvalue weighted by molar-refractivity contribution is 6.03. The number of nitrogens with two attached hydrogens (primary N) is 1. The van der Waals surface area contributed by atoms with Crippen molar-refractivity contribution >= 4 is 23.5 Å². The molecule has 0 fully saturated rings. The second kappa shape index (κ2) is 7.26. The molecule has 3 N–H and O–H groups in total. The maximum atomic E-state index is 13.2. The Morgan fingerprint density at radius 2 is 1.75 bits per heavy atom. The lowest BCUT2D eigenvalue weighted by molar-refractivity contribution is -0.133. The van der Waals surface area contributed by atoms with Gasteiger partial charge in [0.25, 0.3) is 0 Å². The van der Waals surface area contributed by atoms with Crippen LogP contribution in [0.2, 0.25) is 0 Å². The molecule has 144 valence electrons. The maximum Gasteiger partial charge on any atom is 0.333 e. The van der Waals surface area contributed by atoms with Crippen molar-refractivity contribution in [1.29, 1.82) is 0 Å². The number of carbonyl (C=O) groups is 3. The highest BCUT2D eigenvalue weighted by atomic mass is 19.1. The second-order valence-electron chi connectivity index (χ2n) is 6.71. The minimum absolute atomic E-state index is 0.0299. The molecular formula is C21H19FN2O4. The SMILES string of the molecule is Cc1c(C(N)=O)ccc(N2C=C(C(=O)O)C(c3ccc(F)cc3)CC2=O)c1C. The van der Waals surface area contributed by atoms with Gasteiger partial charge in [-0.25, -0.2) is 9.18 Å². The van der Waals surface area contributed by atoms with Gasteiger partial charge in [-0.15, -0.1) is 0 Å². The molecule has 0 radical (unpaired) electrons. The van der Waals surface area contributed by atoms with Crippen LogP contribution in [0.1, 0.15) is 39.4 Å². The summed E-state index contributed by atoms with van der Waals surface area (Å²) < 4.78 is 13.2. The average molecular weight is 382 g/mol. The Morgan fingerprint density at radius 3 is 2.32 bits per heavy atom. The van der Waals surface area contributed by atoms with Crippen molar-refractivity contribution in [1.82, 2.24) is 0 Å². The zero-order chi connectivity index (χ0) is 20.6. The fourth-order valence-corrected chi connectivity index (χ4v) is 3.42. The van der Waals surface area contributed by atoms with Crippen LogP contribution in [0.5, 0.6) is 0 Å². The summed E-state index contributed by atoms with van der Waals surface area (Å²) in [5, 5.41) is 9.67. The number of amides is 2. The van der Waals surface area contributed by atoms with Gasteiger partial charge >= 0.3 is 5.97 Å². The molecule has 0 spiro atoms. The first-order chi connectivity index (χ1) is 13.2. The fraction of sp³-hybridized carbons (Fsp3) is 0.190. The van der Waals surface area contributed by atoms with Gasteiger partial charge in [-0.05, 0) is 54.8 Å². The number of hydrogen-bond donors (Lipinski definition) is 2. The summed E-state index contributed by atoms with van der Waals surface area (Å²) in [6.07, 6.45) is 1.23. The average Bonchev–Trinajstić information content (AvgIpc) is 2.64. The summed E-state index contributed by atoms with van der Waals surface area (Å²) in [5.74, 6) is -3.14. The standard InChI is InChI=1S/C21H19FN2O4/c1-11-12(2)18(8-7-15(11)20(23)26)24-10-17(21(27)28)16(9-19(24)25)13-3-5-14(22)6-4-13/h3-8,10,16H,9H2,1-2H3,(H2,23,26)(H,27,28). The fourth-order valence-electron chi connectivity index (χ4n) is 3.42. The van der Waals surface area contributed by atoms with Crippen LogP contribution in [-0.4, -0.2) is 22.9 Å². The first-order valence-electron chi connectivity index (χ1n) is 8.63. The third-order valence-electron chi connectivity index (χ3n) is 5.09. The van der Waals surface area contributed by atoms with E-state index >= 15 is 0 Å². The van der Waals surface area contributed by atoms with Crippen LogP contribution in [0.25, 0.3) is 0 Å². The number of carbonyl (C=O) groups excluding carboxylic acids is 2. The van der Waals surface area contributed by atoms with E-state index in [1.807, 2.05) is 0 Å². The van der Waals surface area contributed by atoms with Crippen LogP contribution in [-0.2, 0) is 9.59 Å². The largest absolute Gasteiger partial charge is 0.478 e. The molecule has 7 heteroatoms. The molecule has 0 saturated carbocycles. The maximum absolute atomic E-state index is 13.2. The van der Waals surface area contributed by atoms with Crippen LogP contribution >= 0.6 is 0 Å². The number of hydrogen-bond acceptors (Lipinski definition) is 3. The molecule has 2 aromatic carbocycles. The van der Waals surface area contributed by atoms with Gasteiger partial charge in [-0.2, -0.15) is 0 Å². The molecule has 0 aromatic heterocycles. The van der Waals surface area contributed by atoms with E-state index < -0.39 is 23.6 Å². The Kier molecular flexibility index (Phi) is 5.00. The van der Waals surface area contributed by atoms with Gasteiger partial charge in [-0.1, -0.05) is 12.1 Å². The van der Waals surface area contributed by atoms with Crippen molar-refractivity contribution in [3.05, 3.63) is 76.2 Å². The Hall–Kier alpha value is -3.48. The smallest absolute Gasteiger partial charge is 0.333 e. The summed E-state index contributed by atoms with van der Waals surface area (Å²) >= 11 is 0. The number of rotatable bonds is 4. The van der Waals surface area contributed by atoms with E-state index in [2.05, 4.69) is 0 Å². The van der Waals surface area contributed by atoms with Crippen LogP contribution < -0.4 is 10.6 Å². The number of anilines is 1. The summed E-state index contributed by atoms with van der Waals surface area (Å²) in [4.78, 5) is 37.5. The zero-order valence-corrected chi connectivity index (χ0v) is 15.4. The molecule has 0 saturated heterocycles. The quantitative estimate of drug-likeness (QED) is 0.849. The molecule has 1 aliphatic rings. The van der Waals surface area contributed by atoms with E-state index in [9.17, 15) is 23.9 Å². The first-order valence-corrected chi connectivity index (χ1v) is 8.63. The van der Waals surface area contributed by atoms with E-state index in [0.717, 1.165) is 0 Å². The predicted octanol–water partition coefficient (Wildman–Crippen LogP) is 3.03. The molecule has 6 nitrogen and oxygen atoms in total. The number of nitrogens with zero attached hydrogens (tertiary/aromatic N) is 1. The summed E-state index contributed by atoms with van der Waals surface area (Å²) in [6.45, 7) is 3.46. The van der Waals surface area contributed by atoms with Gasteiger partial charge in [0.15, 0.2) is 0 Å². The Bertz CT molecular complexity index is 1010. The molecule has 3 rings (SSSR count). The minimum atomic E-state index is -1.16. The van der Waals surface area contributed by atoms with Crippen LogP contribution in [0.3, 0.4) is 0 Å². The van der Waals surface area contributed by atoms with Gasteiger partial charge in [0.05, 0.1) is 11.3 Å². The number of aliphatic carboxylic acids is 1. The first kappa shape index (κ1) is 19.3. The highest BCUT2D eigenvalue weighted by Gasteiger charge is 2.33. The van der Waals surface area contributed by atoms with E-state index in [-0.39, 0.29) is 17.9 Å². The highest BCUT2D eigenvalue weighted by Crippen LogP contribution is 2.36. The molecule has 1 heterocycles. The van der Waals surface area contributed by atoms with Gasteiger partial charge < -0.3 is 10.8 Å². The van der Waals surface area contributed by atoms with Crippen molar-refractivity contribution in [3.63, 3.8) is 0 Å². The number of carboxylic acids is 1. The summed E-state index contributed by atoms with van der Waals surface area (Å²) in [7, 11) is 0. The molecule has 2 amide bonds. The molecule has 0 aliphatic carbocycles. The van der Waals surface area contributed by atoms with Gasteiger partial charge in [-0.3, -0.25) is 14.5 Å². The lowest BCUT2D eigenvalue weighted by Crippen LogP contribution is -2.35. The number of halogens is 1. The van der Waals surface area contributed by atoms with Crippen LogP contribution in [0.15, 0.2) is 48.2 Å².